The van der Waals surface area contributed by atoms with Gasteiger partial charge in [-0.1, -0.05) is 23.7 Å². The molecule has 7 heteroatoms. The number of aromatic amines is 1. The molecule has 2 aromatic heterocycles. The third-order valence-electron chi connectivity index (χ3n) is 4.67. The second-order valence-electron chi connectivity index (χ2n) is 6.43. The third kappa shape index (κ3) is 2.88. The van der Waals surface area contributed by atoms with Crippen LogP contribution in [0.1, 0.15) is 5.56 Å². The van der Waals surface area contributed by atoms with E-state index in [-0.39, 0.29) is 0 Å². The minimum absolute atomic E-state index is 0.301. The number of allylic oxidation sites excluding steroid dienone is 1. The van der Waals surface area contributed by atoms with E-state index in [0.717, 1.165) is 27.6 Å². The fraction of sp³-hybridized carbons (Fsp3) is 0.0476. The quantitative estimate of drug-likeness (QED) is 0.539. The van der Waals surface area contributed by atoms with Crippen LogP contribution in [0.2, 0.25) is 5.02 Å². The number of aromatic nitrogens is 4. The fourth-order valence-corrected chi connectivity index (χ4v) is 3.45. The Hall–Kier alpha value is -3.38. The molecule has 0 spiro atoms. The largest absolute Gasteiger partial charge is 0.288 e. The molecule has 28 heavy (non-hydrogen) atoms. The zero-order valence-electron chi connectivity index (χ0n) is 14.5. The van der Waals surface area contributed by atoms with Crippen molar-refractivity contribution in [2.24, 2.45) is 4.99 Å². The van der Waals surface area contributed by atoms with Crippen molar-refractivity contribution < 1.29 is 4.39 Å². The van der Waals surface area contributed by atoms with Crippen LogP contribution in [0.3, 0.4) is 0 Å². The summed E-state index contributed by atoms with van der Waals surface area (Å²) in [6.45, 7) is 0.695. The van der Waals surface area contributed by atoms with Gasteiger partial charge in [0.05, 0.1) is 12.1 Å². The smallest absolute Gasteiger partial charge is 0.132 e. The van der Waals surface area contributed by atoms with Gasteiger partial charge in [0.15, 0.2) is 0 Å². The molecule has 0 saturated carbocycles. The minimum Gasteiger partial charge on any atom is -0.288 e. The second-order valence-corrected chi connectivity index (χ2v) is 6.87. The van der Waals surface area contributed by atoms with E-state index in [1.54, 1.807) is 6.07 Å². The molecule has 1 aliphatic heterocycles. The molecule has 0 amide bonds. The lowest BCUT2D eigenvalue weighted by Gasteiger charge is -2.06. The Morgan fingerprint density at radius 3 is 2.68 bits per heavy atom. The highest BCUT2D eigenvalue weighted by Gasteiger charge is 2.17. The molecule has 1 N–H and O–H groups in total. The van der Waals surface area contributed by atoms with E-state index < -0.39 is 5.82 Å². The number of fused-ring (bicyclic) bond motifs is 1. The third-order valence-corrected chi connectivity index (χ3v) is 4.90. The summed E-state index contributed by atoms with van der Waals surface area (Å²) in [6, 6.07) is 12.2. The maximum absolute atomic E-state index is 14.3. The Morgan fingerprint density at radius 1 is 0.964 bits per heavy atom. The summed E-state index contributed by atoms with van der Waals surface area (Å²) in [6.07, 6.45) is 5.75. The zero-order valence-corrected chi connectivity index (χ0v) is 15.3. The summed E-state index contributed by atoms with van der Waals surface area (Å²) in [7, 11) is 0. The Kier molecular flexibility index (Phi) is 3.98. The SMILES string of the molecule is Fc1ccc(Cl)cc1-c1n[nH]nc1-c1ccc2ncc(C3=CCN=C3)cc2c1. The summed E-state index contributed by atoms with van der Waals surface area (Å²) in [5.74, 6) is -0.406. The first-order valence-electron chi connectivity index (χ1n) is 8.66. The molecule has 0 aliphatic carbocycles. The van der Waals surface area contributed by atoms with E-state index in [1.807, 2.05) is 30.6 Å². The molecule has 136 valence electrons. The van der Waals surface area contributed by atoms with Gasteiger partial charge in [-0.3, -0.25) is 9.98 Å². The number of aliphatic imine (C=N–C) groups is 1. The van der Waals surface area contributed by atoms with Gasteiger partial charge in [0.1, 0.15) is 17.2 Å². The zero-order chi connectivity index (χ0) is 19.1. The molecule has 4 aromatic rings. The lowest BCUT2D eigenvalue weighted by atomic mass is 10.0. The van der Waals surface area contributed by atoms with Crippen molar-refractivity contribution in [2.45, 2.75) is 0 Å². The van der Waals surface area contributed by atoms with E-state index in [1.165, 1.54) is 12.1 Å². The van der Waals surface area contributed by atoms with Gasteiger partial charge < -0.3 is 0 Å². The number of H-pyrrole nitrogens is 1. The van der Waals surface area contributed by atoms with Crippen molar-refractivity contribution in [1.82, 2.24) is 20.4 Å². The van der Waals surface area contributed by atoms with Crippen LogP contribution in [0, 0.1) is 5.82 Å². The van der Waals surface area contributed by atoms with E-state index >= 15 is 0 Å². The van der Waals surface area contributed by atoms with Crippen LogP contribution < -0.4 is 0 Å². The van der Waals surface area contributed by atoms with Gasteiger partial charge in [-0.05, 0) is 42.0 Å². The summed E-state index contributed by atoms with van der Waals surface area (Å²) >= 11 is 6.04. The van der Waals surface area contributed by atoms with Crippen molar-refractivity contribution in [3.8, 4) is 22.5 Å². The lowest BCUT2D eigenvalue weighted by Crippen LogP contribution is -1.90. The molecule has 5 nitrogen and oxygen atoms in total. The second kappa shape index (κ2) is 6.65. The van der Waals surface area contributed by atoms with Gasteiger partial charge in [0, 0.05) is 39.5 Å². The first-order valence-corrected chi connectivity index (χ1v) is 9.03. The summed E-state index contributed by atoms with van der Waals surface area (Å²) in [5.41, 5.74) is 5.00. The molecule has 0 radical (unpaired) electrons. The summed E-state index contributed by atoms with van der Waals surface area (Å²) in [4.78, 5) is 8.76. The minimum atomic E-state index is -0.406. The highest BCUT2D eigenvalue weighted by molar-refractivity contribution is 6.30. The van der Waals surface area contributed by atoms with E-state index in [4.69, 9.17) is 11.6 Å². The lowest BCUT2D eigenvalue weighted by molar-refractivity contribution is 0.630. The number of nitrogens with zero attached hydrogens (tertiary/aromatic N) is 4. The van der Waals surface area contributed by atoms with Crippen molar-refractivity contribution in [2.75, 3.05) is 6.54 Å². The maximum Gasteiger partial charge on any atom is 0.132 e. The van der Waals surface area contributed by atoms with Crippen LogP contribution in [-0.4, -0.2) is 33.2 Å². The molecule has 0 saturated heterocycles. The van der Waals surface area contributed by atoms with Crippen molar-refractivity contribution in [3.05, 3.63) is 71.1 Å². The number of benzene rings is 2. The highest BCUT2D eigenvalue weighted by atomic mass is 35.5. The van der Waals surface area contributed by atoms with Gasteiger partial charge in [-0.2, -0.15) is 15.4 Å². The van der Waals surface area contributed by atoms with Gasteiger partial charge in [-0.25, -0.2) is 4.39 Å². The van der Waals surface area contributed by atoms with Crippen molar-refractivity contribution >= 4 is 34.3 Å². The van der Waals surface area contributed by atoms with E-state index in [0.29, 0.717) is 28.5 Å². The molecule has 5 rings (SSSR count). The van der Waals surface area contributed by atoms with Gasteiger partial charge in [0.2, 0.25) is 0 Å². The Balaban J connectivity index is 1.63. The number of pyridine rings is 1. The average molecular weight is 390 g/mol. The molecule has 0 fully saturated rings. The fourth-order valence-electron chi connectivity index (χ4n) is 3.28. The number of hydrogen-bond acceptors (Lipinski definition) is 4. The predicted molar refractivity (Wildman–Crippen MR) is 109 cm³/mol. The molecule has 0 bridgehead atoms. The Morgan fingerprint density at radius 2 is 1.82 bits per heavy atom. The Labute approximate surface area is 164 Å². The average Bonchev–Trinajstić information content (AvgIpc) is 3.41. The van der Waals surface area contributed by atoms with Crippen molar-refractivity contribution in [3.63, 3.8) is 0 Å². The highest BCUT2D eigenvalue weighted by Crippen LogP contribution is 2.33. The van der Waals surface area contributed by atoms with Crippen LogP contribution >= 0.6 is 11.6 Å². The van der Waals surface area contributed by atoms with E-state index in [9.17, 15) is 4.39 Å². The first-order chi connectivity index (χ1) is 13.7. The van der Waals surface area contributed by atoms with Crippen LogP contribution in [0.5, 0.6) is 0 Å². The van der Waals surface area contributed by atoms with Crippen LogP contribution in [-0.2, 0) is 0 Å². The van der Waals surface area contributed by atoms with Crippen LogP contribution in [0.15, 0.2) is 59.7 Å². The molecular weight excluding hydrogens is 377 g/mol. The number of hydrogen-bond donors (Lipinski definition) is 1. The van der Waals surface area contributed by atoms with E-state index in [2.05, 4.69) is 37.5 Å². The molecule has 1 aliphatic rings. The Bertz CT molecular complexity index is 1280. The molecule has 3 heterocycles. The van der Waals surface area contributed by atoms with Crippen molar-refractivity contribution in [1.29, 1.82) is 0 Å². The molecule has 2 aromatic carbocycles. The monoisotopic (exact) mass is 389 g/mol. The standard InChI is InChI=1S/C21H13ClFN5/c22-16-2-3-18(23)17(9-16)21-20(26-28-27-21)12-1-4-19-14(7-12)8-15(11-25-19)13-5-6-24-10-13/h1-5,7-11H,6H2,(H,26,27,28). The normalized spacial score (nSPS) is 13.3. The van der Waals surface area contributed by atoms with Crippen LogP contribution in [0.25, 0.3) is 39.0 Å². The first kappa shape index (κ1) is 16.8. The summed E-state index contributed by atoms with van der Waals surface area (Å²) < 4.78 is 14.3. The van der Waals surface area contributed by atoms with Gasteiger partial charge >= 0.3 is 0 Å². The van der Waals surface area contributed by atoms with Crippen LogP contribution in [0.4, 0.5) is 4.39 Å². The predicted octanol–water partition coefficient (Wildman–Crippen LogP) is 4.95. The molecule has 0 atom stereocenters. The molecule has 0 unspecified atom stereocenters. The van der Waals surface area contributed by atoms with Gasteiger partial charge in [-0.15, -0.1) is 0 Å². The molecular formula is C21H13ClFN5. The number of nitrogens with one attached hydrogen (secondary N) is 1. The number of halogens is 2. The topological polar surface area (TPSA) is 66.8 Å². The van der Waals surface area contributed by atoms with Gasteiger partial charge in [0.25, 0.3) is 0 Å². The maximum atomic E-state index is 14.3. The summed E-state index contributed by atoms with van der Waals surface area (Å²) in [5, 5.41) is 12.4. The number of rotatable bonds is 3.